The van der Waals surface area contributed by atoms with E-state index in [1.807, 2.05) is 36.0 Å². The second kappa shape index (κ2) is 8.34. The van der Waals surface area contributed by atoms with Gasteiger partial charge < -0.3 is 15.7 Å². The van der Waals surface area contributed by atoms with E-state index in [-0.39, 0.29) is 17.4 Å². The number of rotatable bonds is 4. The highest BCUT2D eigenvalue weighted by molar-refractivity contribution is 9.10. The molecule has 0 bridgehead atoms. The van der Waals surface area contributed by atoms with Crippen molar-refractivity contribution in [2.45, 2.75) is 44.6 Å². The average molecular weight is 490 g/mol. The number of halogens is 4. The minimum Gasteiger partial charge on any atom is -0.475 e. The Balaban J connectivity index is 0.000000318. The minimum atomic E-state index is -5.08. The number of aromatic nitrogens is 3. The number of anilines is 1. The van der Waals surface area contributed by atoms with Gasteiger partial charge in [-0.2, -0.15) is 18.3 Å². The molecular formula is C18H19BrF3N5O3. The highest BCUT2D eigenvalue weighted by atomic mass is 79.9. The number of nitrogens with one attached hydrogen (secondary N) is 2. The molecule has 12 heteroatoms. The lowest BCUT2D eigenvalue weighted by Crippen LogP contribution is -2.38. The summed E-state index contributed by atoms with van der Waals surface area (Å²) in [5.41, 5.74) is 1.13. The molecule has 0 spiro atoms. The number of pyridine rings is 1. The number of carboxylic acid groups (broad SMARTS) is 1. The predicted octanol–water partition coefficient (Wildman–Crippen LogP) is 2.74. The standard InChI is InChI=1S/C16H18BrN5O.C2HF3O2/c1-10-3-4-13(17)20-14(10)21-15(23)11-7-16(8-12(16)19-11)9-22-6-2-5-18-22;3-2(4,5)1(6)7/h2-6,11-12,19H,7-9H2,1H3,(H,20,21,23);(H,6,7)/t11-,12+,16-;/m0./s1. The van der Waals surface area contributed by atoms with Gasteiger partial charge in [0.2, 0.25) is 5.91 Å². The number of aryl methyl sites for hydroxylation is 1. The van der Waals surface area contributed by atoms with E-state index in [0.29, 0.717) is 11.9 Å². The molecule has 30 heavy (non-hydrogen) atoms. The van der Waals surface area contributed by atoms with Gasteiger partial charge in [0.05, 0.1) is 6.04 Å². The number of alkyl halides is 3. The van der Waals surface area contributed by atoms with Crippen LogP contribution < -0.4 is 10.6 Å². The van der Waals surface area contributed by atoms with Crippen molar-refractivity contribution in [1.29, 1.82) is 0 Å². The number of hydrogen-bond donors (Lipinski definition) is 3. The third kappa shape index (κ3) is 5.17. The highest BCUT2D eigenvalue weighted by Crippen LogP contribution is 2.55. The zero-order valence-electron chi connectivity index (χ0n) is 15.8. The highest BCUT2D eigenvalue weighted by Gasteiger charge is 2.61. The van der Waals surface area contributed by atoms with Gasteiger partial charge in [-0.15, -0.1) is 0 Å². The Bertz CT molecular complexity index is 938. The Labute approximate surface area is 178 Å². The molecule has 2 aromatic rings. The molecule has 1 saturated carbocycles. The zero-order valence-corrected chi connectivity index (χ0v) is 17.4. The first-order chi connectivity index (χ1) is 14.0. The lowest BCUT2D eigenvalue weighted by atomic mass is 9.99. The van der Waals surface area contributed by atoms with E-state index in [1.165, 1.54) is 0 Å². The molecule has 2 aromatic heterocycles. The number of carbonyl (C=O) groups is 2. The fourth-order valence-electron chi connectivity index (χ4n) is 3.48. The van der Waals surface area contributed by atoms with E-state index < -0.39 is 12.1 Å². The maximum atomic E-state index is 12.5. The average Bonchev–Trinajstić information content (AvgIpc) is 2.99. The quantitative estimate of drug-likeness (QED) is 0.569. The molecule has 0 radical (unpaired) electrons. The molecule has 1 aliphatic carbocycles. The Morgan fingerprint density at radius 3 is 2.70 bits per heavy atom. The third-order valence-corrected chi connectivity index (χ3v) is 5.54. The Morgan fingerprint density at radius 2 is 2.10 bits per heavy atom. The largest absolute Gasteiger partial charge is 0.490 e. The first-order valence-electron chi connectivity index (χ1n) is 8.98. The van der Waals surface area contributed by atoms with Gasteiger partial charge in [-0.3, -0.25) is 9.48 Å². The number of carbonyl (C=O) groups excluding carboxylic acids is 1. The first kappa shape index (κ1) is 22.2. The summed E-state index contributed by atoms with van der Waals surface area (Å²) >= 11 is 3.34. The fraction of sp³-hybridized carbons (Fsp3) is 0.444. The predicted molar refractivity (Wildman–Crippen MR) is 104 cm³/mol. The van der Waals surface area contributed by atoms with Crippen molar-refractivity contribution in [1.82, 2.24) is 20.1 Å². The molecule has 2 fully saturated rings. The summed E-state index contributed by atoms with van der Waals surface area (Å²) in [7, 11) is 0. The smallest absolute Gasteiger partial charge is 0.475 e. The molecule has 0 unspecified atom stereocenters. The van der Waals surface area contributed by atoms with E-state index >= 15 is 0 Å². The molecule has 3 heterocycles. The maximum absolute atomic E-state index is 12.5. The molecule has 8 nitrogen and oxygen atoms in total. The van der Waals surface area contributed by atoms with Crippen LogP contribution >= 0.6 is 15.9 Å². The molecule has 1 aliphatic heterocycles. The van der Waals surface area contributed by atoms with Crippen molar-refractivity contribution in [2.75, 3.05) is 5.32 Å². The van der Waals surface area contributed by atoms with E-state index in [1.54, 1.807) is 6.20 Å². The van der Waals surface area contributed by atoms with E-state index in [0.717, 1.165) is 29.6 Å². The number of hydrogen-bond acceptors (Lipinski definition) is 5. The van der Waals surface area contributed by atoms with Crippen LogP contribution in [-0.2, 0) is 16.1 Å². The lowest BCUT2D eigenvalue weighted by Gasteiger charge is -2.17. The summed E-state index contributed by atoms with van der Waals surface area (Å²) in [6, 6.07) is 5.99. The zero-order chi connectivity index (χ0) is 22.1. The molecule has 4 rings (SSSR count). The number of fused-ring (bicyclic) bond motifs is 1. The summed E-state index contributed by atoms with van der Waals surface area (Å²) < 4.78 is 34.4. The van der Waals surface area contributed by atoms with Gasteiger partial charge in [-0.25, -0.2) is 9.78 Å². The Hall–Kier alpha value is -2.47. The normalized spacial score (nSPS) is 24.4. The molecule has 2 aliphatic rings. The second-order valence-electron chi connectivity index (χ2n) is 7.34. The SMILES string of the molecule is Cc1ccc(Br)nc1NC(=O)[C@@H]1C[C@@]2(Cn3cccn3)C[C@H]2N1.O=C(O)C(F)(F)F. The summed E-state index contributed by atoms with van der Waals surface area (Å²) in [6.07, 6.45) is 0.649. The van der Waals surface area contributed by atoms with Crippen LogP contribution in [0.15, 0.2) is 35.2 Å². The van der Waals surface area contributed by atoms with Crippen molar-refractivity contribution >= 4 is 33.6 Å². The maximum Gasteiger partial charge on any atom is 0.490 e. The van der Waals surface area contributed by atoms with Crippen molar-refractivity contribution in [2.24, 2.45) is 5.41 Å². The van der Waals surface area contributed by atoms with Gasteiger partial charge in [-0.05, 0) is 53.4 Å². The second-order valence-corrected chi connectivity index (χ2v) is 8.15. The molecule has 162 valence electrons. The van der Waals surface area contributed by atoms with Crippen LogP contribution in [0.1, 0.15) is 18.4 Å². The van der Waals surface area contributed by atoms with E-state index in [9.17, 15) is 18.0 Å². The van der Waals surface area contributed by atoms with Gasteiger partial charge in [0.15, 0.2) is 0 Å². The van der Waals surface area contributed by atoms with Crippen LogP contribution in [0.5, 0.6) is 0 Å². The van der Waals surface area contributed by atoms with Crippen LogP contribution in [0.25, 0.3) is 0 Å². The number of nitrogens with zero attached hydrogens (tertiary/aromatic N) is 3. The number of piperidine rings is 1. The van der Waals surface area contributed by atoms with Crippen molar-refractivity contribution in [3.63, 3.8) is 0 Å². The van der Waals surface area contributed by atoms with Crippen LogP contribution in [0.3, 0.4) is 0 Å². The molecule has 3 N–H and O–H groups in total. The Morgan fingerprint density at radius 1 is 1.40 bits per heavy atom. The number of carboxylic acids is 1. The van der Waals surface area contributed by atoms with E-state index in [4.69, 9.17) is 9.90 Å². The first-order valence-corrected chi connectivity index (χ1v) is 9.77. The molecule has 0 aromatic carbocycles. The van der Waals surface area contributed by atoms with Crippen LogP contribution in [0.2, 0.25) is 0 Å². The van der Waals surface area contributed by atoms with Gasteiger partial charge in [0.1, 0.15) is 10.4 Å². The van der Waals surface area contributed by atoms with E-state index in [2.05, 4.69) is 36.6 Å². The van der Waals surface area contributed by atoms with Gasteiger partial charge in [0.25, 0.3) is 0 Å². The molecular weight excluding hydrogens is 471 g/mol. The van der Waals surface area contributed by atoms with Crippen LogP contribution in [0.4, 0.5) is 19.0 Å². The Kier molecular flexibility index (Phi) is 6.18. The van der Waals surface area contributed by atoms with Gasteiger partial charge in [-0.1, -0.05) is 6.07 Å². The summed E-state index contributed by atoms with van der Waals surface area (Å²) in [4.78, 5) is 25.8. The third-order valence-electron chi connectivity index (χ3n) is 5.10. The molecule has 1 saturated heterocycles. The van der Waals surface area contributed by atoms with Crippen molar-refractivity contribution in [3.8, 4) is 0 Å². The monoisotopic (exact) mass is 489 g/mol. The minimum absolute atomic E-state index is 0.00857. The van der Waals surface area contributed by atoms with Crippen LogP contribution in [0, 0.1) is 12.3 Å². The summed E-state index contributed by atoms with van der Waals surface area (Å²) in [5, 5.41) is 17.8. The van der Waals surface area contributed by atoms with Gasteiger partial charge >= 0.3 is 12.1 Å². The lowest BCUT2D eigenvalue weighted by molar-refractivity contribution is -0.192. The topological polar surface area (TPSA) is 109 Å². The molecule has 3 atom stereocenters. The van der Waals surface area contributed by atoms with Gasteiger partial charge in [0, 0.05) is 30.4 Å². The summed E-state index contributed by atoms with van der Waals surface area (Å²) in [5.74, 6) is -2.15. The number of amides is 1. The van der Waals surface area contributed by atoms with Crippen molar-refractivity contribution < 1.29 is 27.9 Å². The summed E-state index contributed by atoms with van der Waals surface area (Å²) in [6.45, 7) is 2.81. The number of aliphatic carboxylic acids is 1. The molecule has 1 amide bonds. The van der Waals surface area contributed by atoms with Crippen LogP contribution in [-0.4, -0.2) is 50.0 Å². The fourth-order valence-corrected chi connectivity index (χ4v) is 3.79. The van der Waals surface area contributed by atoms with Crippen molar-refractivity contribution in [3.05, 3.63) is 40.8 Å².